The Morgan fingerprint density at radius 2 is 2.17 bits per heavy atom. The molecule has 0 aromatic carbocycles. The minimum absolute atomic E-state index is 0.0968. The van der Waals surface area contributed by atoms with Crippen molar-refractivity contribution in [3.8, 4) is 5.88 Å². The number of nitrogens with one attached hydrogen (secondary N) is 1. The van der Waals surface area contributed by atoms with Crippen molar-refractivity contribution >= 4 is 11.9 Å². The van der Waals surface area contributed by atoms with Crippen molar-refractivity contribution in [2.75, 3.05) is 25.5 Å². The topological polar surface area (TPSA) is 76.6 Å². The van der Waals surface area contributed by atoms with Crippen LogP contribution in [0.25, 0.3) is 0 Å². The maximum atomic E-state index is 12.4. The second kappa shape index (κ2) is 7.48. The third-order valence-corrected chi connectivity index (χ3v) is 3.63. The maximum absolute atomic E-state index is 12.4. The Balaban J connectivity index is 1.96. The van der Waals surface area contributed by atoms with Crippen LogP contribution in [0.3, 0.4) is 0 Å². The number of hydrogen-bond donors (Lipinski definition) is 1. The zero-order valence-electron chi connectivity index (χ0n) is 14.3. The van der Waals surface area contributed by atoms with Crippen molar-refractivity contribution in [3.05, 3.63) is 12.4 Å². The van der Waals surface area contributed by atoms with Gasteiger partial charge in [0, 0.05) is 19.2 Å². The van der Waals surface area contributed by atoms with Crippen LogP contribution in [0.5, 0.6) is 5.88 Å². The van der Waals surface area contributed by atoms with E-state index in [1.54, 1.807) is 13.2 Å². The molecule has 1 atom stereocenters. The highest BCUT2D eigenvalue weighted by atomic mass is 16.6. The van der Waals surface area contributed by atoms with Gasteiger partial charge in [-0.2, -0.15) is 0 Å². The van der Waals surface area contributed by atoms with E-state index in [-0.39, 0.29) is 12.1 Å². The van der Waals surface area contributed by atoms with Gasteiger partial charge in [0.15, 0.2) is 0 Å². The van der Waals surface area contributed by atoms with Crippen molar-refractivity contribution in [2.45, 2.75) is 51.7 Å². The predicted molar refractivity (Wildman–Crippen MR) is 87.7 cm³/mol. The quantitative estimate of drug-likeness (QED) is 0.918. The molecule has 1 aromatic heterocycles. The van der Waals surface area contributed by atoms with E-state index in [0.29, 0.717) is 18.2 Å². The highest BCUT2D eigenvalue weighted by Gasteiger charge is 2.30. The molecular formula is C16H26N4O3. The zero-order chi connectivity index (χ0) is 16.9. The van der Waals surface area contributed by atoms with E-state index >= 15 is 0 Å². The molecule has 0 unspecified atom stereocenters. The minimum Gasteiger partial charge on any atom is -0.481 e. The molecule has 128 valence electrons. The smallest absolute Gasteiger partial charge is 0.410 e. The lowest BCUT2D eigenvalue weighted by atomic mass is 10.0. The predicted octanol–water partition coefficient (Wildman–Crippen LogP) is 2.69. The molecule has 0 saturated carbocycles. The molecule has 1 aliphatic heterocycles. The SMILES string of the molecule is COc1cc(NC[C@@H]2CCCCN2C(=O)OC(C)(C)C)ncn1. The molecular weight excluding hydrogens is 296 g/mol. The van der Waals surface area contributed by atoms with E-state index in [4.69, 9.17) is 9.47 Å². The fraction of sp³-hybridized carbons (Fsp3) is 0.688. The second-order valence-electron chi connectivity index (χ2n) is 6.65. The van der Waals surface area contributed by atoms with Crippen molar-refractivity contribution in [3.63, 3.8) is 0 Å². The van der Waals surface area contributed by atoms with Gasteiger partial charge in [-0.3, -0.25) is 0 Å². The molecule has 2 rings (SSSR count). The Labute approximate surface area is 137 Å². The Morgan fingerprint density at radius 1 is 1.39 bits per heavy atom. The summed E-state index contributed by atoms with van der Waals surface area (Å²) in [7, 11) is 1.57. The first-order valence-electron chi connectivity index (χ1n) is 7.98. The maximum Gasteiger partial charge on any atom is 0.410 e. The monoisotopic (exact) mass is 322 g/mol. The number of nitrogens with zero attached hydrogens (tertiary/aromatic N) is 3. The highest BCUT2D eigenvalue weighted by Crippen LogP contribution is 2.21. The number of amides is 1. The van der Waals surface area contributed by atoms with Gasteiger partial charge < -0.3 is 19.7 Å². The summed E-state index contributed by atoms with van der Waals surface area (Å²) in [5, 5.41) is 3.26. The zero-order valence-corrected chi connectivity index (χ0v) is 14.3. The fourth-order valence-corrected chi connectivity index (χ4v) is 2.54. The molecule has 1 N–H and O–H groups in total. The van der Waals surface area contributed by atoms with Crippen molar-refractivity contribution < 1.29 is 14.3 Å². The molecule has 7 nitrogen and oxygen atoms in total. The summed E-state index contributed by atoms with van der Waals surface area (Å²) < 4.78 is 10.6. The Bertz CT molecular complexity index is 530. The van der Waals surface area contributed by atoms with Gasteiger partial charge >= 0.3 is 6.09 Å². The second-order valence-corrected chi connectivity index (χ2v) is 6.65. The van der Waals surface area contributed by atoms with E-state index in [0.717, 1.165) is 25.8 Å². The van der Waals surface area contributed by atoms with E-state index in [2.05, 4.69) is 15.3 Å². The van der Waals surface area contributed by atoms with Crippen LogP contribution < -0.4 is 10.1 Å². The number of hydrogen-bond acceptors (Lipinski definition) is 6. The van der Waals surface area contributed by atoms with Crippen LogP contribution in [0.15, 0.2) is 12.4 Å². The summed E-state index contributed by atoms with van der Waals surface area (Å²) in [5.74, 6) is 1.20. The van der Waals surface area contributed by atoms with Crippen molar-refractivity contribution in [1.29, 1.82) is 0 Å². The molecule has 7 heteroatoms. The summed E-state index contributed by atoms with van der Waals surface area (Å²) in [6.45, 7) is 7.01. The number of rotatable bonds is 4. The standard InChI is InChI=1S/C16H26N4O3/c1-16(2,3)23-15(21)20-8-6-5-7-12(20)10-17-13-9-14(22-4)19-11-18-13/h9,11-12H,5-8,10H2,1-4H3,(H,17,18,19)/t12-/m0/s1. The van der Waals surface area contributed by atoms with E-state index < -0.39 is 5.60 Å². The Morgan fingerprint density at radius 3 is 2.87 bits per heavy atom. The third-order valence-electron chi connectivity index (χ3n) is 3.63. The number of anilines is 1. The van der Waals surface area contributed by atoms with Crippen LogP contribution in [0.1, 0.15) is 40.0 Å². The van der Waals surface area contributed by atoms with Gasteiger partial charge in [-0.25, -0.2) is 14.8 Å². The summed E-state index contributed by atoms with van der Waals surface area (Å²) in [5.41, 5.74) is -0.480. The lowest BCUT2D eigenvalue weighted by Crippen LogP contribution is -2.48. The van der Waals surface area contributed by atoms with Gasteiger partial charge in [0.2, 0.25) is 5.88 Å². The van der Waals surface area contributed by atoms with E-state index in [9.17, 15) is 4.79 Å². The molecule has 1 fully saturated rings. The number of methoxy groups -OCH3 is 1. The summed E-state index contributed by atoms with van der Waals surface area (Å²) in [6.07, 6.45) is 4.28. The fourth-order valence-electron chi connectivity index (χ4n) is 2.54. The molecule has 0 bridgehead atoms. The average molecular weight is 322 g/mol. The van der Waals surface area contributed by atoms with Gasteiger partial charge in [0.25, 0.3) is 0 Å². The molecule has 0 radical (unpaired) electrons. The third kappa shape index (κ3) is 5.26. The molecule has 1 aliphatic rings. The molecule has 0 aliphatic carbocycles. The van der Waals surface area contributed by atoms with E-state index in [1.807, 2.05) is 25.7 Å². The summed E-state index contributed by atoms with van der Waals surface area (Å²) >= 11 is 0. The number of likely N-dealkylation sites (tertiary alicyclic amines) is 1. The molecule has 0 spiro atoms. The average Bonchev–Trinajstić information content (AvgIpc) is 2.52. The van der Waals surface area contributed by atoms with Gasteiger partial charge in [-0.05, 0) is 40.0 Å². The van der Waals surface area contributed by atoms with E-state index in [1.165, 1.54) is 6.33 Å². The number of ether oxygens (including phenoxy) is 2. The first-order chi connectivity index (χ1) is 10.9. The van der Waals surface area contributed by atoms with Crippen LogP contribution in [0.4, 0.5) is 10.6 Å². The van der Waals surface area contributed by atoms with Gasteiger partial charge in [0.05, 0.1) is 13.2 Å². The first kappa shape index (κ1) is 17.3. The van der Waals surface area contributed by atoms with Gasteiger partial charge in [-0.15, -0.1) is 0 Å². The highest BCUT2D eigenvalue weighted by molar-refractivity contribution is 5.68. The number of aromatic nitrogens is 2. The Kier molecular flexibility index (Phi) is 5.63. The van der Waals surface area contributed by atoms with Crippen LogP contribution in [-0.2, 0) is 4.74 Å². The molecule has 1 aromatic rings. The van der Waals surface area contributed by atoms with Crippen LogP contribution in [0.2, 0.25) is 0 Å². The molecule has 1 amide bonds. The normalized spacial score (nSPS) is 18.4. The number of carbonyl (C=O) groups excluding carboxylic acids is 1. The number of carbonyl (C=O) groups is 1. The van der Waals surface area contributed by atoms with Crippen LogP contribution in [-0.4, -0.2) is 52.8 Å². The largest absolute Gasteiger partial charge is 0.481 e. The molecule has 2 heterocycles. The molecule has 23 heavy (non-hydrogen) atoms. The summed E-state index contributed by atoms with van der Waals surface area (Å²) in [4.78, 5) is 22.3. The summed E-state index contributed by atoms with van der Waals surface area (Å²) in [6, 6.07) is 1.83. The Hall–Kier alpha value is -2.05. The van der Waals surface area contributed by atoms with Crippen molar-refractivity contribution in [1.82, 2.24) is 14.9 Å². The lowest BCUT2D eigenvalue weighted by Gasteiger charge is -2.36. The molecule has 1 saturated heterocycles. The van der Waals surface area contributed by atoms with Crippen LogP contribution >= 0.6 is 0 Å². The van der Waals surface area contributed by atoms with Gasteiger partial charge in [0.1, 0.15) is 17.7 Å². The lowest BCUT2D eigenvalue weighted by molar-refractivity contribution is 0.0114. The van der Waals surface area contributed by atoms with Crippen LogP contribution in [0, 0.1) is 0 Å². The van der Waals surface area contributed by atoms with Crippen molar-refractivity contribution in [2.24, 2.45) is 0 Å². The van der Waals surface area contributed by atoms with Gasteiger partial charge in [-0.1, -0.05) is 0 Å². The number of piperidine rings is 1. The minimum atomic E-state index is -0.480. The first-order valence-corrected chi connectivity index (χ1v) is 7.98.